The number of hydrogen-bond donors (Lipinski definition) is 1. The van der Waals surface area contributed by atoms with E-state index in [0.717, 1.165) is 21.0 Å². The number of aromatic nitrogens is 4. The Hall–Kier alpha value is -3.63. The molecule has 0 saturated carbocycles. The highest BCUT2D eigenvalue weighted by atomic mass is 32.2. The standard InChI is InChI=1S/C24H21N5O3S2/c1-16-12-33-24(27-16)34-13-20-19-7-2-3-8-21(19)32-22(20)23(30)28-17-5-4-6-18(11-17)31-10-9-29-15-25-14-26-29/h2-8,11-12,14-15H,9-10,13H2,1H3,(H,28,30). The molecule has 3 heterocycles. The van der Waals surface area contributed by atoms with E-state index in [4.69, 9.17) is 9.15 Å². The fourth-order valence-electron chi connectivity index (χ4n) is 3.41. The molecule has 0 atom stereocenters. The summed E-state index contributed by atoms with van der Waals surface area (Å²) in [5, 5.41) is 9.94. The lowest BCUT2D eigenvalue weighted by molar-refractivity contribution is 0.0998. The number of anilines is 1. The van der Waals surface area contributed by atoms with Crippen molar-refractivity contribution in [2.24, 2.45) is 0 Å². The van der Waals surface area contributed by atoms with Crippen LogP contribution in [0, 0.1) is 6.92 Å². The summed E-state index contributed by atoms with van der Waals surface area (Å²) in [5.74, 6) is 1.23. The first kappa shape index (κ1) is 22.2. The van der Waals surface area contributed by atoms with Gasteiger partial charge in [0, 0.05) is 39.5 Å². The van der Waals surface area contributed by atoms with Gasteiger partial charge in [-0.15, -0.1) is 11.3 Å². The number of carbonyl (C=O) groups excluding carboxylic acids is 1. The summed E-state index contributed by atoms with van der Waals surface area (Å²) < 4.78 is 14.4. The summed E-state index contributed by atoms with van der Waals surface area (Å²) in [4.78, 5) is 21.6. The molecule has 172 valence electrons. The third-order valence-electron chi connectivity index (χ3n) is 4.99. The molecule has 1 amide bonds. The minimum absolute atomic E-state index is 0.304. The third kappa shape index (κ3) is 5.13. The molecule has 8 nitrogen and oxygen atoms in total. The summed E-state index contributed by atoms with van der Waals surface area (Å²) in [7, 11) is 0. The molecule has 10 heteroatoms. The molecule has 0 unspecified atom stereocenters. The lowest BCUT2D eigenvalue weighted by Gasteiger charge is -2.09. The molecule has 5 rings (SSSR count). The smallest absolute Gasteiger partial charge is 0.291 e. The minimum atomic E-state index is -0.304. The third-order valence-corrected chi connectivity index (χ3v) is 7.16. The maximum atomic E-state index is 13.2. The monoisotopic (exact) mass is 491 g/mol. The van der Waals surface area contributed by atoms with Crippen molar-refractivity contribution in [3.05, 3.63) is 83.6 Å². The number of thiazole rings is 1. The SMILES string of the molecule is Cc1csc(SCc2c(C(=O)Nc3cccc(OCCn4cncn4)c3)oc3ccccc23)n1. The lowest BCUT2D eigenvalue weighted by Crippen LogP contribution is -2.13. The van der Waals surface area contributed by atoms with Gasteiger partial charge in [-0.1, -0.05) is 36.0 Å². The Morgan fingerprint density at radius 1 is 1.24 bits per heavy atom. The molecule has 0 aliphatic heterocycles. The van der Waals surface area contributed by atoms with E-state index < -0.39 is 0 Å². The van der Waals surface area contributed by atoms with Crippen LogP contribution in [0.15, 0.2) is 75.3 Å². The maximum Gasteiger partial charge on any atom is 0.291 e. The molecular formula is C24H21N5O3S2. The van der Waals surface area contributed by atoms with Crippen molar-refractivity contribution in [3.8, 4) is 5.75 Å². The second-order valence-corrected chi connectivity index (χ2v) is 9.52. The number of thioether (sulfide) groups is 1. The van der Waals surface area contributed by atoms with Crippen molar-refractivity contribution in [3.63, 3.8) is 0 Å². The van der Waals surface area contributed by atoms with Gasteiger partial charge >= 0.3 is 0 Å². The maximum absolute atomic E-state index is 13.2. The molecule has 0 spiro atoms. The second-order valence-electron chi connectivity index (χ2n) is 7.44. The van der Waals surface area contributed by atoms with Crippen LogP contribution < -0.4 is 10.1 Å². The van der Waals surface area contributed by atoms with Gasteiger partial charge in [0.05, 0.1) is 6.54 Å². The van der Waals surface area contributed by atoms with E-state index in [-0.39, 0.29) is 5.91 Å². The number of nitrogens with one attached hydrogen (secondary N) is 1. The zero-order chi connectivity index (χ0) is 23.3. The van der Waals surface area contributed by atoms with Crippen molar-refractivity contribution in [2.45, 2.75) is 23.6 Å². The van der Waals surface area contributed by atoms with Crippen LogP contribution in [-0.2, 0) is 12.3 Å². The van der Waals surface area contributed by atoms with E-state index in [1.165, 1.54) is 6.33 Å². The number of benzene rings is 2. The number of amides is 1. The molecule has 2 aromatic carbocycles. The summed E-state index contributed by atoms with van der Waals surface area (Å²) in [6.45, 7) is 2.98. The Balaban J connectivity index is 1.31. The van der Waals surface area contributed by atoms with Gasteiger partial charge in [0.15, 0.2) is 5.76 Å². The molecule has 5 aromatic rings. The van der Waals surface area contributed by atoms with Crippen molar-refractivity contribution in [2.75, 3.05) is 11.9 Å². The van der Waals surface area contributed by atoms with Crippen molar-refractivity contribution < 1.29 is 13.9 Å². The highest BCUT2D eigenvalue weighted by Crippen LogP contribution is 2.33. The average molecular weight is 492 g/mol. The number of para-hydroxylation sites is 1. The Morgan fingerprint density at radius 3 is 2.97 bits per heavy atom. The molecule has 0 fully saturated rings. The number of rotatable bonds is 9. The van der Waals surface area contributed by atoms with Crippen LogP contribution in [0.2, 0.25) is 0 Å². The number of nitrogens with zero attached hydrogens (tertiary/aromatic N) is 4. The Kier molecular flexibility index (Phi) is 6.59. The van der Waals surface area contributed by atoms with E-state index >= 15 is 0 Å². The molecular weight excluding hydrogens is 470 g/mol. The van der Waals surface area contributed by atoms with Crippen molar-refractivity contribution in [1.29, 1.82) is 0 Å². The Bertz CT molecular complexity index is 1410. The van der Waals surface area contributed by atoms with Crippen LogP contribution in [0.25, 0.3) is 11.0 Å². The van der Waals surface area contributed by atoms with Gasteiger partial charge in [-0.25, -0.2) is 14.6 Å². The van der Waals surface area contributed by atoms with E-state index in [1.54, 1.807) is 40.2 Å². The van der Waals surface area contributed by atoms with Crippen LogP contribution in [-0.4, -0.2) is 32.3 Å². The first-order valence-corrected chi connectivity index (χ1v) is 12.4. The average Bonchev–Trinajstić information content (AvgIpc) is 3.58. The van der Waals surface area contributed by atoms with Crippen molar-refractivity contribution in [1.82, 2.24) is 19.7 Å². The summed E-state index contributed by atoms with van der Waals surface area (Å²) in [6.07, 6.45) is 3.12. The van der Waals surface area contributed by atoms with Crippen LogP contribution in [0.1, 0.15) is 21.8 Å². The zero-order valence-corrected chi connectivity index (χ0v) is 19.9. The summed E-state index contributed by atoms with van der Waals surface area (Å²) >= 11 is 3.20. The van der Waals surface area contributed by atoms with Crippen LogP contribution in [0.5, 0.6) is 5.75 Å². The molecule has 0 saturated heterocycles. The normalized spacial score (nSPS) is 11.1. The van der Waals surface area contributed by atoms with Crippen molar-refractivity contribution >= 4 is 45.7 Å². The number of fused-ring (bicyclic) bond motifs is 1. The molecule has 34 heavy (non-hydrogen) atoms. The zero-order valence-electron chi connectivity index (χ0n) is 18.3. The Morgan fingerprint density at radius 2 is 2.15 bits per heavy atom. The quantitative estimate of drug-likeness (QED) is 0.275. The lowest BCUT2D eigenvalue weighted by atomic mass is 10.1. The second kappa shape index (κ2) is 10.1. The summed E-state index contributed by atoms with van der Waals surface area (Å²) in [5.41, 5.74) is 3.15. The summed E-state index contributed by atoms with van der Waals surface area (Å²) in [6, 6.07) is 15.0. The van der Waals surface area contributed by atoms with Gasteiger partial charge in [-0.05, 0) is 25.1 Å². The highest BCUT2D eigenvalue weighted by molar-refractivity contribution is 8.00. The first-order valence-electron chi connectivity index (χ1n) is 10.6. The van der Waals surface area contributed by atoms with Gasteiger partial charge in [0.1, 0.15) is 34.9 Å². The molecule has 0 aliphatic carbocycles. The van der Waals surface area contributed by atoms with E-state index in [0.29, 0.717) is 41.7 Å². The van der Waals surface area contributed by atoms with E-state index in [1.807, 2.05) is 54.8 Å². The first-order chi connectivity index (χ1) is 16.7. The van der Waals surface area contributed by atoms with E-state index in [9.17, 15) is 4.79 Å². The number of hydrogen-bond acceptors (Lipinski definition) is 8. The van der Waals surface area contributed by atoms with Crippen LogP contribution in [0.4, 0.5) is 5.69 Å². The predicted octanol–water partition coefficient (Wildman–Crippen LogP) is 5.41. The number of furan rings is 1. The van der Waals surface area contributed by atoms with Gasteiger partial charge in [0.25, 0.3) is 5.91 Å². The molecule has 3 aromatic heterocycles. The number of ether oxygens (including phenoxy) is 1. The van der Waals surface area contributed by atoms with Gasteiger partial charge < -0.3 is 14.5 Å². The van der Waals surface area contributed by atoms with Gasteiger partial charge in [-0.3, -0.25) is 4.79 Å². The molecule has 0 bridgehead atoms. The molecule has 1 N–H and O–H groups in total. The number of aryl methyl sites for hydroxylation is 1. The fraction of sp³-hybridized carbons (Fsp3) is 0.167. The Labute approximate surface area is 204 Å². The van der Waals surface area contributed by atoms with Gasteiger partial charge in [0.2, 0.25) is 0 Å². The minimum Gasteiger partial charge on any atom is -0.492 e. The van der Waals surface area contributed by atoms with Crippen LogP contribution in [0.3, 0.4) is 0 Å². The fourth-order valence-corrected chi connectivity index (χ4v) is 5.29. The van der Waals surface area contributed by atoms with E-state index in [2.05, 4.69) is 20.4 Å². The molecule has 0 radical (unpaired) electrons. The number of carbonyl (C=O) groups is 1. The molecule has 0 aliphatic rings. The topological polar surface area (TPSA) is 95.1 Å². The van der Waals surface area contributed by atoms with Gasteiger partial charge in [-0.2, -0.15) is 5.10 Å². The predicted molar refractivity (Wildman–Crippen MR) is 133 cm³/mol. The largest absolute Gasteiger partial charge is 0.492 e. The van der Waals surface area contributed by atoms with Crippen LogP contribution >= 0.6 is 23.1 Å². The highest BCUT2D eigenvalue weighted by Gasteiger charge is 2.21.